The highest BCUT2D eigenvalue weighted by Crippen LogP contribution is 2.46. The fourth-order valence-electron chi connectivity index (χ4n) is 4.29. The molecule has 11 heteroatoms. The van der Waals surface area contributed by atoms with Crippen LogP contribution in [0.1, 0.15) is 24.0 Å². The standard InChI is InChI=1S/C22H22FNO8S/c1-13-8-15(23)3-2-14(13)11-30-16-4-6-17(7-5-16)33(28,29)12-22(20(25)24-27)9-18-19(10-22)32-21(26)31-18/h2-8,18-19,27H,9-12H2,1H3,(H,24,25). The summed E-state index contributed by atoms with van der Waals surface area (Å²) in [5.41, 5.74) is 1.54. The second kappa shape index (κ2) is 8.64. The van der Waals surface area contributed by atoms with E-state index in [9.17, 15) is 27.6 Å². The lowest BCUT2D eigenvalue weighted by atomic mass is 9.87. The molecule has 1 aliphatic heterocycles. The highest BCUT2D eigenvalue weighted by Gasteiger charge is 2.58. The van der Waals surface area contributed by atoms with Crippen molar-refractivity contribution in [3.05, 3.63) is 59.4 Å². The molecule has 1 heterocycles. The van der Waals surface area contributed by atoms with Crippen LogP contribution in [0.2, 0.25) is 0 Å². The number of aryl methyl sites for hydroxylation is 1. The van der Waals surface area contributed by atoms with Gasteiger partial charge in [0.25, 0.3) is 5.91 Å². The zero-order chi connectivity index (χ0) is 23.8. The number of ether oxygens (including phenoxy) is 3. The zero-order valence-electron chi connectivity index (χ0n) is 17.6. The normalized spacial score (nSPS) is 24.0. The molecule has 2 unspecified atom stereocenters. The van der Waals surface area contributed by atoms with Gasteiger partial charge >= 0.3 is 6.16 Å². The van der Waals surface area contributed by atoms with E-state index in [1.165, 1.54) is 41.9 Å². The Bertz CT molecular complexity index is 1170. The van der Waals surface area contributed by atoms with Crippen LogP contribution in [0, 0.1) is 18.2 Å². The van der Waals surface area contributed by atoms with Crippen molar-refractivity contribution in [2.45, 2.75) is 43.5 Å². The number of fused-ring (bicyclic) bond motifs is 1. The van der Waals surface area contributed by atoms with Crippen molar-refractivity contribution in [2.75, 3.05) is 5.75 Å². The van der Waals surface area contributed by atoms with Gasteiger partial charge in [0.1, 0.15) is 30.4 Å². The third-order valence-electron chi connectivity index (χ3n) is 6.03. The first-order valence-electron chi connectivity index (χ1n) is 10.1. The van der Waals surface area contributed by atoms with Crippen LogP contribution in [0.4, 0.5) is 9.18 Å². The molecule has 176 valence electrons. The molecule has 1 saturated heterocycles. The first-order chi connectivity index (χ1) is 15.6. The summed E-state index contributed by atoms with van der Waals surface area (Å²) in [6.07, 6.45) is -2.55. The summed E-state index contributed by atoms with van der Waals surface area (Å²) < 4.78 is 55.0. The van der Waals surface area contributed by atoms with Crippen molar-refractivity contribution in [2.24, 2.45) is 5.41 Å². The number of sulfone groups is 1. The molecule has 0 aromatic heterocycles. The van der Waals surface area contributed by atoms with Gasteiger partial charge in [0.05, 0.1) is 16.1 Å². The molecule has 2 aliphatic rings. The molecule has 0 radical (unpaired) electrons. The predicted molar refractivity (Wildman–Crippen MR) is 111 cm³/mol. The second-order valence-electron chi connectivity index (χ2n) is 8.28. The van der Waals surface area contributed by atoms with E-state index in [4.69, 9.17) is 14.2 Å². The molecule has 2 aromatic rings. The van der Waals surface area contributed by atoms with Gasteiger partial charge in [-0.3, -0.25) is 10.0 Å². The van der Waals surface area contributed by atoms with Crippen LogP contribution in [0.15, 0.2) is 47.4 Å². The van der Waals surface area contributed by atoms with Gasteiger partial charge in [0.15, 0.2) is 9.84 Å². The van der Waals surface area contributed by atoms with Gasteiger partial charge in [-0.15, -0.1) is 0 Å². The van der Waals surface area contributed by atoms with E-state index < -0.39 is 45.3 Å². The molecule has 1 saturated carbocycles. The Kier molecular flexibility index (Phi) is 6.02. The molecule has 0 spiro atoms. The maximum atomic E-state index is 13.2. The molecule has 2 N–H and O–H groups in total. The minimum absolute atomic E-state index is 0.0344. The second-order valence-corrected chi connectivity index (χ2v) is 10.3. The van der Waals surface area contributed by atoms with E-state index in [1.54, 1.807) is 13.0 Å². The van der Waals surface area contributed by atoms with Crippen LogP contribution < -0.4 is 10.2 Å². The summed E-state index contributed by atoms with van der Waals surface area (Å²) in [4.78, 5) is 23.7. The lowest BCUT2D eigenvalue weighted by molar-refractivity contribution is -0.139. The molecule has 1 aliphatic carbocycles. The molecule has 9 nitrogen and oxygen atoms in total. The summed E-state index contributed by atoms with van der Waals surface area (Å²) in [7, 11) is -3.96. The van der Waals surface area contributed by atoms with E-state index in [1.807, 2.05) is 0 Å². The van der Waals surface area contributed by atoms with Crippen molar-refractivity contribution >= 4 is 21.9 Å². The van der Waals surface area contributed by atoms with Crippen LogP contribution in [-0.2, 0) is 30.7 Å². The maximum Gasteiger partial charge on any atom is 0.509 e. The number of rotatable bonds is 7. The number of hydrogen-bond acceptors (Lipinski definition) is 8. The third kappa shape index (κ3) is 4.64. The Morgan fingerprint density at radius 1 is 1.18 bits per heavy atom. The largest absolute Gasteiger partial charge is 0.509 e. The van der Waals surface area contributed by atoms with Crippen LogP contribution >= 0.6 is 0 Å². The average molecular weight is 479 g/mol. The summed E-state index contributed by atoms with van der Waals surface area (Å²) in [6.45, 7) is 1.94. The number of halogens is 1. The molecule has 2 aromatic carbocycles. The van der Waals surface area contributed by atoms with E-state index in [0.29, 0.717) is 5.75 Å². The van der Waals surface area contributed by atoms with Crippen molar-refractivity contribution in [3.8, 4) is 5.75 Å². The first-order valence-corrected chi connectivity index (χ1v) is 11.8. The van der Waals surface area contributed by atoms with Crippen molar-refractivity contribution in [1.29, 1.82) is 0 Å². The van der Waals surface area contributed by atoms with Crippen molar-refractivity contribution in [1.82, 2.24) is 5.48 Å². The number of carbonyl (C=O) groups excluding carboxylic acids is 2. The third-order valence-corrected chi connectivity index (χ3v) is 7.95. The predicted octanol–water partition coefficient (Wildman–Crippen LogP) is 2.68. The molecule has 33 heavy (non-hydrogen) atoms. The van der Waals surface area contributed by atoms with Gasteiger partial charge < -0.3 is 14.2 Å². The lowest BCUT2D eigenvalue weighted by Gasteiger charge is -2.26. The maximum absolute atomic E-state index is 13.2. The summed E-state index contributed by atoms with van der Waals surface area (Å²) in [5.74, 6) is -1.41. The van der Waals surface area contributed by atoms with Crippen LogP contribution in [0.25, 0.3) is 0 Å². The van der Waals surface area contributed by atoms with Gasteiger partial charge in [-0.05, 0) is 54.4 Å². The van der Waals surface area contributed by atoms with Crippen molar-refractivity contribution < 1.29 is 41.8 Å². The van der Waals surface area contributed by atoms with E-state index in [-0.39, 0.29) is 30.2 Å². The van der Waals surface area contributed by atoms with Gasteiger partial charge in [-0.2, -0.15) is 0 Å². The summed E-state index contributed by atoms with van der Waals surface area (Å²) >= 11 is 0. The molecule has 2 atom stereocenters. The molecule has 0 bridgehead atoms. The number of hydroxylamine groups is 1. The van der Waals surface area contributed by atoms with Crippen LogP contribution in [-0.4, -0.2) is 43.6 Å². The van der Waals surface area contributed by atoms with E-state index in [2.05, 4.69) is 0 Å². The van der Waals surface area contributed by atoms with E-state index >= 15 is 0 Å². The van der Waals surface area contributed by atoms with Gasteiger partial charge in [0, 0.05) is 12.8 Å². The fraction of sp³-hybridized carbons (Fsp3) is 0.364. The monoisotopic (exact) mass is 479 g/mol. The van der Waals surface area contributed by atoms with Crippen LogP contribution in [0.3, 0.4) is 0 Å². The van der Waals surface area contributed by atoms with Gasteiger partial charge in [-0.1, -0.05) is 6.07 Å². The summed E-state index contributed by atoms with van der Waals surface area (Å²) in [5, 5.41) is 9.19. The molecule has 1 amide bonds. The quantitative estimate of drug-likeness (QED) is 0.352. The molecule has 2 fully saturated rings. The number of carbonyl (C=O) groups is 2. The first kappa shape index (κ1) is 23.0. The molecule has 4 rings (SSSR count). The number of nitrogens with one attached hydrogen (secondary N) is 1. The van der Waals surface area contributed by atoms with Crippen molar-refractivity contribution in [3.63, 3.8) is 0 Å². The number of hydrogen-bond donors (Lipinski definition) is 2. The Balaban J connectivity index is 1.47. The molecular formula is C22H22FNO8S. The minimum atomic E-state index is -3.96. The zero-order valence-corrected chi connectivity index (χ0v) is 18.4. The Morgan fingerprint density at radius 2 is 1.82 bits per heavy atom. The lowest BCUT2D eigenvalue weighted by Crippen LogP contribution is -2.43. The summed E-state index contributed by atoms with van der Waals surface area (Å²) in [6, 6.07) is 10.0. The topological polar surface area (TPSA) is 128 Å². The smallest absolute Gasteiger partial charge is 0.489 e. The average Bonchev–Trinajstić information content (AvgIpc) is 3.26. The van der Waals surface area contributed by atoms with Crippen LogP contribution in [0.5, 0.6) is 5.75 Å². The highest BCUT2D eigenvalue weighted by molar-refractivity contribution is 7.91. The fourth-order valence-corrected chi connectivity index (χ4v) is 6.10. The minimum Gasteiger partial charge on any atom is -0.489 e. The SMILES string of the molecule is Cc1cc(F)ccc1COc1ccc(S(=O)(=O)CC2(C(=O)NO)CC3OC(=O)OC3C2)cc1. The molecular weight excluding hydrogens is 457 g/mol. The Labute approximate surface area is 189 Å². The van der Waals surface area contributed by atoms with Gasteiger partial charge in [0.2, 0.25) is 0 Å². The Hall–Kier alpha value is -3.18. The van der Waals surface area contributed by atoms with Gasteiger partial charge in [-0.25, -0.2) is 23.1 Å². The number of amides is 1. The highest BCUT2D eigenvalue weighted by atomic mass is 32.2. The Morgan fingerprint density at radius 3 is 2.39 bits per heavy atom. The number of benzene rings is 2. The van der Waals surface area contributed by atoms with E-state index in [0.717, 1.165) is 11.1 Å².